The summed E-state index contributed by atoms with van der Waals surface area (Å²) in [7, 11) is 0. The molecular formula is C15H17N3O3. The lowest BCUT2D eigenvalue weighted by Crippen LogP contribution is -2.03. The Balaban J connectivity index is 2.43. The van der Waals surface area contributed by atoms with E-state index in [0.29, 0.717) is 18.1 Å². The van der Waals surface area contributed by atoms with E-state index < -0.39 is 4.92 Å². The van der Waals surface area contributed by atoms with Crippen LogP contribution in [-0.2, 0) is 0 Å². The standard InChI is InChI=1S/C15H17N3O3/c1-4-16-14-8-7-12(18(19)20)15(17-14)21-13-9-10(2)5-6-11(13)3/h5-9H,4H2,1-3H3,(H,16,17). The largest absolute Gasteiger partial charge is 0.433 e. The van der Waals surface area contributed by atoms with E-state index in [9.17, 15) is 10.1 Å². The Hall–Kier alpha value is -2.63. The average Bonchev–Trinajstić information content (AvgIpc) is 2.43. The zero-order valence-electron chi connectivity index (χ0n) is 12.2. The van der Waals surface area contributed by atoms with Gasteiger partial charge in [-0.15, -0.1) is 0 Å². The van der Waals surface area contributed by atoms with Crippen molar-refractivity contribution in [3.63, 3.8) is 0 Å². The Kier molecular flexibility index (Phi) is 4.37. The quantitative estimate of drug-likeness (QED) is 0.668. The number of rotatable bonds is 5. The molecule has 0 saturated carbocycles. The number of hydrogen-bond donors (Lipinski definition) is 1. The van der Waals surface area contributed by atoms with Gasteiger partial charge < -0.3 is 10.1 Å². The van der Waals surface area contributed by atoms with Crippen LogP contribution in [0.3, 0.4) is 0 Å². The third-order valence-electron chi connectivity index (χ3n) is 2.95. The van der Waals surface area contributed by atoms with E-state index in [0.717, 1.165) is 11.1 Å². The lowest BCUT2D eigenvalue weighted by Gasteiger charge is -2.10. The zero-order valence-corrected chi connectivity index (χ0v) is 12.2. The highest BCUT2D eigenvalue weighted by Gasteiger charge is 2.19. The number of pyridine rings is 1. The average molecular weight is 287 g/mol. The van der Waals surface area contributed by atoms with Gasteiger partial charge in [-0.05, 0) is 44.0 Å². The number of nitrogens with one attached hydrogen (secondary N) is 1. The molecule has 0 aliphatic heterocycles. The van der Waals surface area contributed by atoms with Crippen molar-refractivity contribution >= 4 is 11.5 Å². The Labute approximate surface area is 122 Å². The van der Waals surface area contributed by atoms with E-state index in [1.807, 2.05) is 39.0 Å². The number of hydrogen-bond acceptors (Lipinski definition) is 5. The predicted molar refractivity (Wildman–Crippen MR) is 81.0 cm³/mol. The number of ether oxygens (including phenoxy) is 1. The summed E-state index contributed by atoms with van der Waals surface area (Å²) in [6.45, 7) is 6.42. The van der Waals surface area contributed by atoms with Gasteiger partial charge in [0.1, 0.15) is 11.6 Å². The van der Waals surface area contributed by atoms with E-state index in [4.69, 9.17) is 4.74 Å². The first-order chi connectivity index (χ1) is 10.0. The van der Waals surface area contributed by atoms with Gasteiger partial charge in [-0.25, -0.2) is 0 Å². The molecule has 2 rings (SSSR count). The van der Waals surface area contributed by atoms with Gasteiger partial charge in [0.2, 0.25) is 0 Å². The Morgan fingerprint density at radius 2 is 2.05 bits per heavy atom. The van der Waals surface area contributed by atoms with Crippen molar-refractivity contribution in [2.24, 2.45) is 0 Å². The first kappa shape index (κ1) is 14.8. The molecule has 0 atom stereocenters. The number of anilines is 1. The second-order valence-electron chi connectivity index (χ2n) is 4.68. The number of nitrogens with zero attached hydrogens (tertiary/aromatic N) is 2. The maximum atomic E-state index is 11.1. The SMILES string of the molecule is CCNc1ccc([N+](=O)[O-])c(Oc2cc(C)ccc2C)n1. The first-order valence-electron chi connectivity index (χ1n) is 6.65. The van der Waals surface area contributed by atoms with Crippen LogP contribution >= 0.6 is 0 Å². The molecule has 0 aliphatic rings. The van der Waals surface area contributed by atoms with Crippen LogP contribution in [-0.4, -0.2) is 16.5 Å². The highest BCUT2D eigenvalue weighted by Crippen LogP contribution is 2.32. The van der Waals surface area contributed by atoms with Crippen LogP contribution in [0.2, 0.25) is 0 Å². The minimum Gasteiger partial charge on any atom is -0.433 e. The molecule has 110 valence electrons. The topological polar surface area (TPSA) is 77.3 Å². The summed E-state index contributed by atoms with van der Waals surface area (Å²) in [6.07, 6.45) is 0. The van der Waals surface area contributed by atoms with Crippen molar-refractivity contribution in [1.82, 2.24) is 4.98 Å². The van der Waals surface area contributed by atoms with Crippen molar-refractivity contribution in [2.45, 2.75) is 20.8 Å². The zero-order chi connectivity index (χ0) is 15.4. The molecule has 1 N–H and O–H groups in total. The summed E-state index contributed by atoms with van der Waals surface area (Å²) in [6, 6.07) is 8.66. The lowest BCUT2D eigenvalue weighted by molar-refractivity contribution is -0.386. The molecule has 0 unspecified atom stereocenters. The van der Waals surface area contributed by atoms with E-state index >= 15 is 0 Å². The van der Waals surface area contributed by atoms with E-state index in [1.54, 1.807) is 6.07 Å². The van der Waals surface area contributed by atoms with Crippen LogP contribution in [0.4, 0.5) is 11.5 Å². The summed E-state index contributed by atoms with van der Waals surface area (Å²) >= 11 is 0. The fourth-order valence-electron chi connectivity index (χ4n) is 1.85. The summed E-state index contributed by atoms with van der Waals surface area (Å²) in [5.74, 6) is 1.11. The molecule has 0 radical (unpaired) electrons. The normalized spacial score (nSPS) is 10.2. The van der Waals surface area contributed by atoms with Crippen LogP contribution in [0, 0.1) is 24.0 Å². The molecule has 1 aromatic carbocycles. The molecule has 0 saturated heterocycles. The second-order valence-corrected chi connectivity index (χ2v) is 4.68. The molecule has 6 heteroatoms. The van der Waals surface area contributed by atoms with Gasteiger partial charge >= 0.3 is 11.6 Å². The van der Waals surface area contributed by atoms with Crippen molar-refractivity contribution in [2.75, 3.05) is 11.9 Å². The summed E-state index contributed by atoms with van der Waals surface area (Å²) in [5, 5.41) is 14.1. The highest BCUT2D eigenvalue weighted by molar-refractivity contribution is 5.51. The lowest BCUT2D eigenvalue weighted by atomic mass is 10.1. The fraction of sp³-hybridized carbons (Fsp3) is 0.267. The predicted octanol–water partition coefficient (Wildman–Crippen LogP) is 3.83. The van der Waals surface area contributed by atoms with Gasteiger partial charge in [0.15, 0.2) is 0 Å². The van der Waals surface area contributed by atoms with Crippen molar-refractivity contribution in [1.29, 1.82) is 0 Å². The van der Waals surface area contributed by atoms with Crippen LogP contribution in [0.15, 0.2) is 30.3 Å². The van der Waals surface area contributed by atoms with Gasteiger partial charge in [-0.3, -0.25) is 10.1 Å². The highest BCUT2D eigenvalue weighted by atomic mass is 16.6. The molecule has 21 heavy (non-hydrogen) atoms. The monoisotopic (exact) mass is 287 g/mol. The molecule has 2 aromatic rings. The summed E-state index contributed by atoms with van der Waals surface area (Å²) < 4.78 is 5.68. The van der Waals surface area contributed by atoms with Crippen molar-refractivity contribution < 1.29 is 9.66 Å². The third-order valence-corrected chi connectivity index (χ3v) is 2.95. The Bertz CT molecular complexity index is 671. The van der Waals surface area contributed by atoms with Crippen molar-refractivity contribution in [3.8, 4) is 11.6 Å². The smallest absolute Gasteiger partial charge is 0.331 e. The van der Waals surface area contributed by atoms with Crippen LogP contribution in [0.5, 0.6) is 11.6 Å². The number of aryl methyl sites for hydroxylation is 2. The van der Waals surface area contributed by atoms with Gasteiger partial charge in [0.25, 0.3) is 0 Å². The number of benzene rings is 1. The van der Waals surface area contributed by atoms with E-state index in [-0.39, 0.29) is 11.6 Å². The van der Waals surface area contributed by atoms with Crippen LogP contribution in [0.1, 0.15) is 18.1 Å². The molecule has 0 spiro atoms. The Morgan fingerprint density at radius 3 is 2.71 bits per heavy atom. The first-order valence-corrected chi connectivity index (χ1v) is 6.65. The molecule has 0 fully saturated rings. The second kappa shape index (κ2) is 6.21. The van der Waals surface area contributed by atoms with E-state index in [2.05, 4.69) is 10.3 Å². The number of aromatic nitrogens is 1. The molecular weight excluding hydrogens is 270 g/mol. The maximum absolute atomic E-state index is 11.1. The maximum Gasteiger partial charge on any atom is 0.331 e. The van der Waals surface area contributed by atoms with Crippen molar-refractivity contribution in [3.05, 3.63) is 51.6 Å². The van der Waals surface area contributed by atoms with Gasteiger partial charge in [0.05, 0.1) is 4.92 Å². The fourth-order valence-corrected chi connectivity index (χ4v) is 1.85. The van der Waals surface area contributed by atoms with E-state index in [1.165, 1.54) is 6.07 Å². The summed E-state index contributed by atoms with van der Waals surface area (Å²) in [4.78, 5) is 14.8. The Morgan fingerprint density at radius 1 is 1.29 bits per heavy atom. The number of nitro groups is 1. The van der Waals surface area contributed by atoms with Gasteiger partial charge in [0, 0.05) is 12.6 Å². The molecule has 0 amide bonds. The molecule has 0 aliphatic carbocycles. The minimum atomic E-state index is -0.497. The van der Waals surface area contributed by atoms with Gasteiger partial charge in [-0.2, -0.15) is 4.98 Å². The molecule has 1 aromatic heterocycles. The summed E-state index contributed by atoms with van der Waals surface area (Å²) in [5.41, 5.74) is 1.75. The molecule has 6 nitrogen and oxygen atoms in total. The minimum absolute atomic E-state index is 0.00727. The van der Waals surface area contributed by atoms with Gasteiger partial charge in [-0.1, -0.05) is 12.1 Å². The molecule has 1 heterocycles. The third kappa shape index (κ3) is 3.47. The molecule has 0 bridgehead atoms. The van der Waals surface area contributed by atoms with Crippen LogP contribution < -0.4 is 10.1 Å². The van der Waals surface area contributed by atoms with Crippen LogP contribution in [0.25, 0.3) is 0 Å².